The van der Waals surface area contributed by atoms with Crippen LogP contribution in [0, 0.1) is 0 Å². The van der Waals surface area contributed by atoms with Crippen LogP contribution < -0.4 is 15.4 Å². The highest BCUT2D eigenvalue weighted by molar-refractivity contribution is 6.30. The van der Waals surface area contributed by atoms with Crippen molar-refractivity contribution in [3.05, 3.63) is 101 Å². The van der Waals surface area contributed by atoms with Crippen molar-refractivity contribution in [1.29, 1.82) is 0 Å². The molecule has 3 aromatic carbocycles. The van der Waals surface area contributed by atoms with Crippen molar-refractivity contribution < 1.29 is 27.5 Å². The molecule has 1 heterocycles. The number of carbonyl (C=O) groups is 2. The molecular formula is C27H20ClF3N6O3. The van der Waals surface area contributed by atoms with Gasteiger partial charge in [-0.15, -0.1) is 18.3 Å². The van der Waals surface area contributed by atoms with Gasteiger partial charge in [0.1, 0.15) is 17.6 Å². The van der Waals surface area contributed by atoms with Crippen LogP contribution in [0.5, 0.6) is 5.75 Å². The Kier molecular flexibility index (Phi) is 7.26. The normalized spacial score (nSPS) is 18.4. The quantitative estimate of drug-likeness (QED) is 0.292. The summed E-state index contributed by atoms with van der Waals surface area (Å²) in [6.07, 6.45) is -0.302. The number of rotatable bonds is 8. The summed E-state index contributed by atoms with van der Waals surface area (Å²) >= 11 is 6.15. The van der Waals surface area contributed by atoms with E-state index < -0.39 is 29.5 Å². The number of hydrogen-bond donors (Lipinski definition) is 2. The molecule has 1 unspecified atom stereocenters. The zero-order chi connectivity index (χ0) is 28.3. The number of halogens is 4. The van der Waals surface area contributed by atoms with E-state index in [1.54, 1.807) is 18.2 Å². The molecule has 1 aromatic heterocycles. The number of aromatic nitrogens is 4. The zero-order valence-electron chi connectivity index (χ0n) is 20.5. The van der Waals surface area contributed by atoms with Crippen molar-refractivity contribution in [3.63, 3.8) is 0 Å². The first kappa shape index (κ1) is 26.9. The molecule has 2 amide bonds. The first-order chi connectivity index (χ1) is 19.1. The topological polar surface area (TPSA) is 111 Å². The van der Waals surface area contributed by atoms with Crippen molar-refractivity contribution in [2.75, 3.05) is 5.32 Å². The summed E-state index contributed by atoms with van der Waals surface area (Å²) in [7, 11) is 0. The standard InChI is InChI=1S/C27H20ClF3N6O3/c28-19-7-12-23(37-16-32-35-36-37)18(14-19)6-13-24(38)34-26(15-22(26)17-4-2-1-3-5-17)25(39)33-20-8-10-21(11-9-20)40-27(29,30)31/h1-14,16,22H,15H2,(H,33,39)(H,34,38)/b13-6+/t22-,26?/m0/s1. The molecule has 0 radical (unpaired) electrons. The van der Waals surface area contributed by atoms with Crippen molar-refractivity contribution in [1.82, 2.24) is 25.5 Å². The number of nitrogens with zero attached hydrogens (tertiary/aromatic N) is 4. The Balaban J connectivity index is 1.35. The van der Waals surface area contributed by atoms with Gasteiger partial charge in [-0.05, 0) is 71.0 Å². The molecule has 204 valence electrons. The Labute approximate surface area is 230 Å². The number of ether oxygens (including phenoxy) is 1. The van der Waals surface area contributed by atoms with Gasteiger partial charge in [0.25, 0.3) is 5.91 Å². The van der Waals surface area contributed by atoms with Gasteiger partial charge in [0, 0.05) is 28.3 Å². The highest BCUT2D eigenvalue weighted by atomic mass is 35.5. The maximum Gasteiger partial charge on any atom is 0.573 e. The van der Waals surface area contributed by atoms with E-state index in [1.807, 2.05) is 30.3 Å². The van der Waals surface area contributed by atoms with E-state index in [9.17, 15) is 22.8 Å². The number of hydrogen-bond acceptors (Lipinski definition) is 6. The lowest BCUT2D eigenvalue weighted by molar-refractivity contribution is -0.274. The Morgan fingerprint density at radius 1 is 1.07 bits per heavy atom. The molecule has 2 N–H and O–H groups in total. The first-order valence-electron chi connectivity index (χ1n) is 11.9. The third-order valence-electron chi connectivity index (χ3n) is 6.26. The average molecular weight is 569 g/mol. The Morgan fingerprint density at radius 3 is 2.50 bits per heavy atom. The molecule has 1 aliphatic rings. The molecule has 0 bridgehead atoms. The van der Waals surface area contributed by atoms with E-state index in [2.05, 4.69) is 30.9 Å². The summed E-state index contributed by atoms with van der Waals surface area (Å²) in [6.45, 7) is 0. The Hall–Kier alpha value is -4.71. The van der Waals surface area contributed by atoms with E-state index in [0.29, 0.717) is 22.7 Å². The molecule has 0 saturated heterocycles. The lowest BCUT2D eigenvalue weighted by Gasteiger charge is -2.19. The molecule has 4 aromatic rings. The minimum absolute atomic E-state index is 0.243. The van der Waals surface area contributed by atoms with Gasteiger partial charge >= 0.3 is 6.36 Å². The summed E-state index contributed by atoms with van der Waals surface area (Å²) in [5.74, 6) is -1.79. The molecule has 0 aliphatic heterocycles. The van der Waals surface area contributed by atoms with Crippen LogP contribution in [-0.2, 0) is 9.59 Å². The second-order valence-corrected chi connectivity index (χ2v) is 9.38. The van der Waals surface area contributed by atoms with Gasteiger partial charge in [0.2, 0.25) is 5.91 Å². The van der Waals surface area contributed by atoms with Crippen molar-refractivity contribution in [3.8, 4) is 11.4 Å². The molecule has 1 saturated carbocycles. The van der Waals surface area contributed by atoms with E-state index in [0.717, 1.165) is 17.7 Å². The number of anilines is 1. The summed E-state index contributed by atoms with van der Waals surface area (Å²) < 4.78 is 42.7. The fourth-order valence-corrected chi connectivity index (χ4v) is 4.53. The molecule has 1 fully saturated rings. The van der Waals surface area contributed by atoms with Gasteiger partial charge in [-0.3, -0.25) is 9.59 Å². The lowest BCUT2D eigenvalue weighted by Crippen LogP contribution is -2.47. The third kappa shape index (κ3) is 6.12. The fraction of sp³-hybridized carbons (Fsp3) is 0.148. The summed E-state index contributed by atoms with van der Waals surface area (Å²) in [5.41, 5.74) is 0.957. The van der Waals surface area contributed by atoms with E-state index in [1.165, 1.54) is 35.3 Å². The molecule has 5 rings (SSSR count). The fourth-order valence-electron chi connectivity index (χ4n) is 4.35. The number of tetrazole rings is 1. The second-order valence-electron chi connectivity index (χ2n) is 8.95. The number of alkyl halides is 3. The summed E-state index contributed by atoms with van der Waals surface area (Å²) in [4.78, 5) is 26.5. The van der Waals surface area contributed by atoms with Crippen LogP contribution >= 0.6 is 11.6 Å². The van der Waals surface area contributed by atoms with Crippen molar-refractivity contribution in [2.24, 2.45) is 0 Å². The van der Waals surface area contributed by atoms with Gasteiger partial charge in [-0.2, -0.15) is 4.68 Å². The summed E-state index contributed by atoms with van der Waals surface area (Å²) in [5, 5.41) is 17.1. The van der Waals surface area contributed by atoms with Crippen LogP contribution in [0.15, 0.2) is 85.2 Å². The SMILES string of the molecule is O=C(/C=C/c1cc(Cl)ccc1-n1cnnn1)NC1(C(=O)Nc2ccc(OC(F)(F)F)cc2)C[C@H]1c1ccccc1. The maximum atomic E-state index is 13.5. The molecule has 2 atom stereocenters. The Bertz CT molecular complexity index is 1550. The van der Waals surface area contributed by atoms with Crippen LogP contribution in [-0.4, -0.2) is 43.9 Å². The molecule has 13 heteroatoms. The lowest BCUT2D eigenvalue weighted by atomic mass is 10.0. The van der Waals surface area contributed by atoms with Gasteiger partial charge < -0.3 is 15.4 Å². The number of benzene rings is 3. The first-order valence-corrected chi connectivity index (χ1v) is 12.3. The van der Waals surface area contributed by atoms with Crippen LogP contribution in [0.2, 0.25) is 5.02 Å². The summed E-state index contributed by atoms with van der Waals surface area (Å²) in [6, 6.07) is 19.0. The van der Waals surface area contributed by atoms with Crippen LogP contribution in [0.4, 0.5) is 18.9 Å². The third-order valence-corrected chi connectivity index (χ3v) is 6.49. The van der Waals surface area contributed by atoms with Crippen molar-refractivity contribution >= 4 is 35.2 Å². The predicted molar refractivity (Wildman–Crippen MR) is 140 cm³/mol. The van der Waals surface area contributed by atoms with E-state index in [-0.39, 0.29) is 11.6 Å². The molecular weight excluding hydrogens is 549 g/mol. The van der Waals surface area contributed by atoms with Gasteiger partial charge in [0.15, 0.2) is 0 Å². The number of carbonyl (C=O) groups excluding carboxylic acids is 2. The van der Waals surface area contributed by atoms with E-state index >= 15 is 0 Å². The number of amides is 2. The Morgan fingerprint density at radius 2 is 1.82 bits per heavy atom. The van der Waals surface area contributed by atoms with Gasteiger partial charge in [-0.25, -0.2) is 0 Å². The largest absolute Gasteiger partial charge is 0.573 e. The van der Waals surface area contributed by atoms with Crippen LogP contribution in [0.25, 0.3) is 11.8 Å². The smallest absolute Gasteiger partial charge is 0.406 e. The van der Waals surface area contributed by atoms with Crippen molar-refractivity contribution in [2.45, 2.75) is 24.2 Å². The molecule has 1 aliphatic carbocycles. The van der Waals surface area contributed by atoms with E-state index in [4.69, 9.17) is 11.6 Å². The second kappa shape index (κ2) is 10.8. The molecule has 9 nitrogen and oxygen atoms in total. The van der Waals surface area contributed by atoms with Gasteiger partial charge in [-0.1, -0.05) is 41.9 Å². The minimum atomic E-state index is -4.83. The van der Waals surface area contributed by atoms with Crippen LogP contribution in [0.1, 0.15) is 23.5 Å². The highest BCUT2D eigenvalue weighted by Gasteiger charge is 2.61. The monoisotopic (exact) mass is 568 g/mol. The maximum absolute atomic E-state index is 13.5. The minimum Gasteiger partial charge on any atom is -0.406 e. The molecule has 40 heavy (non-hydrogen) atoms. The number of nitrogens with one attached hydrogen (secondary N) is 2. The predicted octanol–water partition coefficient (Wildman–Crippen LogP) is 4.91. The van der Waals surface area contributed by atoms with Gasteiger partial charge in [0.05, 0.1) is 5.69 Å². The average Bonchev–Trinajstić information content (AvgIpc) is 3.38. The highest BCUT2D eigenvalue weighted by Crippen LogP contribution is 2.52. The molecule has 0 spiro atoms. The van der Waals surface area contributed by atoms with Crippen LogP contribution in [0.3, 0.4) is 0 Å². The zero-order valence-corrected chi connectivity index (χ0v) is 21.2.